The average molecular weight is 251 g/mol. The number of carbonyl (C=O) groups is 1. The van der Waals surface area contributed by atoms with Crippen LogP contribution in [0, 0.1) is 0 Å². The van der Waals surface area contributed by atoms with Crippen LogP contribution in [0.3, 0.4) is 0 Å². The Morgan fingerprint density at radius 3 is 3.00 bits per heavy atom. The Morgan fingerprint density at radius 1 is 1.89 bits per heavy atom. The Labute approximate surface area is 67.5 Å². The van der Waals surface area contributed by atoms with Crippen molar-refractivity contribution < 1.29 is 9.53 Å². The zero-order valence-electron chi connectivity index (χ0n) is 5.22. The van der Waals surface area contributed by atoms with Crippen molar-refractivity contribution >= 4 is 38.0 Å². The Morgan fingerprint density at radius 2 is 2.56 bits per heavy atom. The summed E-state index contributed by atoms with van der Waals surface area (Å²) < 4.78 is 6.54. The molecular weight excluding hydrogens is 243 g/mol. The van der Waals surface area contributed by atoms with Gasteiger partial charge in [0.2, 0.25) is 0 Å². The average Bonchev–Trinajstić information content (AvgIpc) is 1.85. The predicted molar refractivity (Wildman–Crippen MR) is 40.7 cm³/mol. The van der Waals surface area contributed by atoms with Crippen LogP contribution in [0.4, 0.5) is 0 Å². The first-order chi connectivity index (χ1) is 4.31. The fraction of sp³-hybridized carbons (Fsp3) is 0.600. The molecule has 0 aliphatic carbocycles. The van der Waals surface area contributed by atoms with Crippen LogP contribution in [0.5, 0.6) is 0 Å². The zero-order valence-corrected chi connectivity index (χ0v) is 8.89. The molecule has 4 heteroatoms. The van der Waals surface area contributed by atoms with Crippen molar-refractivity contribution in [3.05, 3.63) is 0 Å². The molecule has 0 fully saturated rings. The van der Waals surface area contributed by atoms with Crippen LogP contribution >= 0.6 is 9.29 Å². The van der Waals surface area contributed by atoms with E-state index in [0.29, 0.717) is 13.0 Å². The van der Waals surface area contributed by atoms with Gasteiger partial charge in [0.25, 0.3) is 0 Å². The summed E-state index contributed by atoms with van der Waals surface area (Å²) in [7, 11) is 4.76. The van der Waals surface area contributed by atoms with Crippen molar-refractivity contribution in [3.63, 3.8) is 0 Å². The monoisotopic (exact) mass is 252 g/mol. The zero-order chi connectivity index (χ0) is 7.11. The maximum absolute atomic E-state index is 10.5. The Bertz CT molecular complexity index is 140. The molecule has 2 nitrogen and oxygen atoms in total. The van der Waals surface area contributed by atoms with Crippen molar-refractivity contribution in [1.29, 1.82) is 0 Å². The van der Waals surface area contributed by atoms with Gasteiger partial charge in [-0.3, -0.25) is 0 Å². The molecule has 0 radical (unpaired) electrons. The summed E-state index contributed by atoms with van der Waals surface area (Å²) in [6, 6.07) is 0. The first-order valence-corrected chi connectivity index (χ1v) is 8.21. The SMILES string of the molecule is CCOC(=O)C[CH]=[Sn]=[S]. The number of hydrogen-bond acceptors (Lipinski definition) is 3. The second kappa shape index (κ2) is 6.48. The van der Waals surface area contributed by atoms with Crippen LogP contribution in [0.25, 0.3) is 0 Å². The topological polar surface area (TPSA) is 26.3 Å². The van der Waals surface area contributed by atoms with Crippen molar-refractivity contribution in [2.24, 2.45) is 0 Å². The van der Waals surface area contributed by atoms with Gasteiger partial charge in [-0.15, -0.1) is 0 Å². The fourth-order valence-electron chi connectivity index (χ4n) is 0.345. The minimum atomic E-state index is -0.713. The van der Waals surface area contributed by atoms with E-state index >= 15 is 0 Å². The third kappa shape index (κ3) is 6.24. The van der Waals surface area contributed by atoms with Crippen LogP contribution in [0.2, 0.25) is 0 Å². The van der Waals surface area contributed by atoms with Gasteiger partial charge in [-0.05, 0) is 0 Å². The van der Waals surface area contributed by atoms with E-state index < -0.39 is 18.7 Å². The van der Waals surface area contributed by atoms with Crippen LogP contribution in [-0.2, 0) is 9.53 Å². The van der Waals surface area contributed by atoms with Crippen LogP contribution in [0.1, 0.15) is 13.3 Å². The van der Waals surface area contributed by atoms with E-state index in [1.807, 2.05) is 4.02 Å². The summed E-state index contributed by atoms with van der Waals surface area (Å²) in [6.07, 6.45) is 0.420. The van der Waals surface area contributed by atoms with Gasteiger partial charge in [0.1, 0.15) is 0 Å². The second-order valence-electron chi connectivity index (χ2n) is 1.33. The minimum absolute atomic E-state index is 0.150. The van der Waals surface area contributed by atoms with Gasteiger partial charge in [0.15, 0.2) is 0 Å². The predicted octanol–water partition coefficient (Wildman–Crippen LogP) is 0.558. The fourth-order valence-corrected chi connectivity index (χ4v) is 1.62. The van der Waals surface area contributed by atoms with Crippen LogP contribution in [0.15, 0.2) is 0 Å². The third-order valence-corrected chi connectivity index (χ3v) is 2.83. The van der Waals surface area contributed by atoms with Crippen LogP contribution in [-0.4, -0.2) is 35.3 Å². The van der Waals surface area contributed by atoms with Crippen molar-refractivity contribution in [3.8, 4) is 0 Å². The molecule has 0 amide bonds. The Kier molecular flexibility index (Phi) is 6.74. The quantitative estimate of drug-likeness (QED) is 0.541. The molecule has 0 aromatic heterocycles. The molecule has 0 aliphatic rings. The van der Waals surface area contributed by atoms with E-state index in [4.69, 9.17) is 9.29 Å². The van der Waals surface area contributed by atoms with Gasteiger partial charge >= 0.3 is 67.5 Å². The molecule has 0 bridgehead atoms. The molecule has 0 unspecified atom stereocenters. The number of esters is 1. The molecule has 0 aromatic rings. The Balaban J connectivity index is 3.38. The van der Waals surface area contributed by atoms with E-state index in [-0.39, 0.29) is 5.97 Å². The van der Waals surface area contributed by atoms with E-state index in [1.54, 1.807) is 6.92 Å². The number of hydrogen-bond donors (Lipinski definition) is 0. The molecule has 0 saturated heterocycles. The van der Waals surface area contributed by atoms with E-state index in [2.05, 4.69) is 4.74 Å². The third-order valence-electron chi connectivity index (χ3n) is 0.657. The van der Waals surface area contributed by atoms with Crippen molar-refractivity contribution in [2.75, 3.05) is 6.61 Å². The summed E-state index contributed by atoms with van der Waals surface area (Å²) in [6.45, 7) is 2.26. The first kappa shape index (κ1) is 9.36. The van der Waals surface area contributed by atoms with Gasteiger partial charge in [-0.25, -0.2) is 0 Å². The molecular formula is C5H8O2SSn. The summed E-state index contributed by atoms with van der Waals surface area (Å²) in [5.41, 5.74) is 0. The van der Waals surface area contributed by atoms with Gasteiger partial charge < -0.3 is 0 Å². The molecule has 0 rings (SSSR count). The standard InChI is InChI=1S/C5H8O2.S.Sn/c1-3-5(6)7-4-2;;/h1H,3-4H2,2H3;;. The normalized spacial score (nSPS) is 7.67. The van der Waals surface area contributed by atoms with Crippen molar-refractivity contribution in [1.82, 2.24) is 0 Å². The van der Waals surface area contributed by atoms with Crippen molar-refractivity contribution in [2.45, 2.75) is 13.3 Å². The van der Waals surface area contributed by atoms with Gasteiger partial charge in [-0.2, -0.15) is 0 Å². The Hall–Kier alpha value is 0.359. The molecule has 50 valence electrons. The van der Waals surface area contributed by atoms with Gasteiger partial charge in [0, 0.05) is 0 Å². The maximum atomic E-state index is 10.5. The number of ether oxygens (including phenoxy) is 1. The number of rotatable bonds is 3. The first-order valence-electron chi connectivity index (χ1n) is 2.66. The summed E-state index contributed by atoms with van der Waals surface area (Å²) in [5.74, 6) is -0.150. The number of carbonyl (C=O) groups excluding carboxylic acids is 1. The molecule has 0 aromatic carbocycles. The van der Waals surface area contributed by atoms with Gasteiger partial charge in [-0.1, -0.05) is 0 Å². The second-order valence-corrected chi connectivity index (χ2v) is 4.75. The molecule has 0 aliphatic heterocycles. The van der Waals surface area contributed by atoms with E-state index in [0.717, 1.165) is 0 Å². The summed E-state index contributed by atoms with van der Waals surface area (Å²) >= 11 is -0.713. The molecule has 0 saturated carbocycles. The molecule has 0 heterocycles. The van der Waals surface area contributed by atoms with Gasteiger partial charge in [0.05, 0.1) is 0 Å². The molecule has 0 atom stereocenters. The summed E-state index contributed by atoms with van der Waals surface area (Å²) in [5, 5.41) is 0. The molecule has 9 heavy (non-hydrogen) atoms. The van der Waals surface area contributed by atoms with E-state index in [1.165, 1.54) is 0 Å². The van der Waals surface area contributed by atoms with E-state index in [9.17, 15) is 4.79 Å². The molecule has 0 spiro atoms. The molecule has 0 N–H and O–H groups in total. The summed E-state index contributed by atoms with van der Waals surface area (Å²) in [4.78, 5) is 10.5. The van der Waals surface area contributed by atoms with Crippen LogP contribution < -0.4 is 0 Å².